The highest BCUT2D eigenvalue weighted by Gasteiger charge is 2.16. The molecule has 1 fully saturated rings. The van der Waals surface area contributed by atoms with Gasteiger partial charge in [-0.1, -0.05) is 0 Å². The molecular weight excluding hydrogens is 256 g/mol. The van der Waals surface area contributed by atoms with Crippen LogP contribution in [0.5, 0.6) is 0 Å². The van der Waals surface area contributed by atoms with Gasteiger partial charge in [0.25, 0.3) is 0 Å². The van der Waals surface area contributed by atoms with E-state index in [1.165, 1.54) is 13.5 Å². The third kappa shape index (κ3) is 3.42. The second-order valence-electron chi connectivity index (χ2n) is 5.21. The molecule has 1 unspecified atom stereocenters. The van der Waals surface area contributed by atoms with Crippen molar-refractivity contribution in [3.63, 3.8) is 0 Å². The summed E-state index contributed by atoms with van der Waals surface area (Å²) in [7, 11) is 1.36. The molecule has 0 saturated carbocycles. The van der Waals surface area contributed by atoms with E-state index in [2.05, 4.69) is 5.32 Å². The van der Waals surface area contributed by atoms with E-state index in [1.54, 1.807) is 6.07 Å². The van der Waals surface area contributed by atoms with Gasteiger partial charge in [0.2, 0.25) is 0 Å². The maximum Gasteiger partial charge on any atom is 0.340 e. The van der Waals surface area contributed by atoms with Crippen molar-refractivity contribution in [2.75, 3.05) is 37.9 Å². The van der Waals surface area contributed by atoms with Gasteiger partial charge < -0.3 is 20.5 Å². The summed E-state index contributed by atoms with van der Waals surface area (Å²) in [6.45, 7) is 4.38. The van der Waals surface area contributed by atoms with Crippen LogP contribution in [0.25, 0.3) is 0 Å². The number of esters is 1. The number of carbonyl (C=O) groups excluding carboxylic acids is 1. The third-order valence-electron chi connectivity index (χ3n) is 3.64. The van der Waals surface area contributed by atoms with Crippen molar-refractivity contribution in [3.8, 4) is 0 Å². The van der Waals surface area contributed by atoms with E-state index in [0.717, 1.165) is 37.4 Å². The zero-order chi connectivity index (χ0) is 14.5. The molecule has 0 spiro atoms. The number of anilines is 2. The van der Waals surface area contributed by atoms with E-state index < -0.39 is 5.97 Å². The number of nitrogens with one attached hydrogen (secondary N) is 1. The topological polar surface area (TPSA) is 73.6 Å². The molecule has 1 aliphatic heterocycles. The van der Waals surface area contributed by atoms with Crippen LogP contribution in [0.15, 0.2) is 12.1 Å². The highest BCUT2D eigenvalue weighted by atomic mass is 16.5. The lowest BCUT2D eigenvalue weighted by molar-refractivity contribution is 0.0593. The van der Waals surface area contributed by atoms with Crippen molar-refractivity contribution in [3.05, 3.63) is 23.3 Å². The van der Waals surface area contributed by atoms with Crippen LogP contribution in [-0.4, -0.2) is 32.8 Å². The number of carbonyl (C=O) groups is 1. The summed E-state index contributed by atoms with van der Waals surface area (Å²) in [6, 6.07) is 3.70. The van der Waals surface area contributed by atoms with Gasteiger partial charge in [-0.25, -0.2) is 4.79 Å². The van der Waals surface area contributed by atoms with Crippen LogP contribution in [0.3, 0.4) is 0 Å². The Bertz CT molecular complexity index is 482. The maximum absolute atomic E-state index is 11.7. The fourth-order valence-corrected chi connectivity index (χ4v) is 2.41. The molecule has 1 aromatic rings. The minimum absolute atomic E-state index is 0.407. The van der Waals surface area contributed by atoms with Crippen LogP contribution in [0.4, 0.5) is 11.4 Å². The lowest BCUT2D eigenvalue weighted by Gasteiger charge is -2.23. The SMILES string of the molecule is COC(=O)c1cc(NCC2CCCOC2)cc(C)c1N. The molecule has 1 aromatic carbocycles. The number of hydrogen-bond acceptors (Lipinski definition) is 5. The first-order chi connectivity index (χ1) is 9.61. The quantitative estimate of drug-likeness (QED) is 0.652. The lowest BCUT2D eigenvalue weighted by atomic mass is 10.0. The molecule has 3 N–H and O–H groups in total. The van der Waals surface area contributed by atoms with E-state index in [0.29, 0.717) is 17.2 Å². The molecule has 0 amide bonds. The minimum atomic E-state index is -0.407. The molecule has 1 aliphatic rings. The van der Waals surface area contributed by atoms with Crippen LogP contribution in [0.2, 0.25) is 0 Å². The van der Waals surface area contributed by atoms with Crippen LogP contribution in [-0.2, 0) is 9.47 Å². The van der Waals surface area contributed by atoms with Crippen molar-refractivity contribution >= 4 is 17.3 Å². The third-order valence-corrected chi connectivity index (χ3v) is 3.64. The van der Waals surface area contributed by atoms with E-state index in [9.17, 15) is 4.79 Å². The van der Waals surface area contributed by atoms with Crippen LogP contribution in [0.1, 0.15) is 28.8 Å². The second-order valence-corrected chi connectivity index (χ2v) is 5.21. The van der Waals surface area contributed by atoms with Gasteiger partial charge in [0, 0.05) is 24.5 Å². The lowest BCUT2D eigenvalue weighted by Crippen LogP contribution is -2.24. The van der Waals surface area contributed by atoms with Gasteiger partial charge >= 0.3 is 5.97 Å². The van der Waals surface area contributed by atoms with E-state index in [-0.39, 0.29) is 0 Å². The number of rotatable bonds is 4. The molecular formula is C15H22N2O3. The molecule has 1 heterocycles. The summed E-state index contributed by atoms with van der Waals surface area (Å²) in [5.41, 5.74) is 8.57. The molecule has 0 aliphatic carbocycles. The van der Waals surface area contributed by atoms with E-state index in [4.69, 9.17) is 15.2 Å². The Kier molecular flexibility index (Phi) is 4.84. The second kappa shape index (κ2) is 6.61. The number of hydrogen-bond donors (Lipinski definition) is 2. The molecule has 0 bridgehead atoms. The number of benzene rings is 1. The van der Waals surface area contributed by atoms with Crippen molar-refractivity contribution in [1.29, 1.82) is 0 Å². The van der Waals surface area contributed by atoms with Crippen LogP contribution < -0.4 is 11.1 Å². The Balaban J connectivity index is 2.07. The van der Waals surface area contributed by atoms with E-state index >= 15 is 0 Å². The molecule has 5 heteroatoms. The molecule has 0 aromatic heterocycles. The summed E-state index contributed by atoms with van der Waals surface area (Å²) in [5, 5.41) is 3.36. The molecule has 1 atom stereocenters. The minimum Gasteiger partial charge on any atom is -0.465 e. The smallest absolute Gasteiger partial charge is 0.340 e. The van der Waals surface area contributed by atoms with Gasteiger partial charge in [0.15, 0.2) is 0 Å². The Morgan fingerprint density at radius 1 is 1.55 bits per heavy atom. The van der Waals surface area contributed by atoms with Gasteiger partial charge in [0.05, 0.1) is 19.3 Å². The summed E-state index contributed by atoms with van der Waals surface area (Å²) in [5.74, 6) is 0.110. The predicted octanol–water partition coefficient (Wildman–Crippen LogP) is 2.20. The van der Waals surface area contributed by atoms with Gasteiger partial charge in [-0.15, -0.1) is 0 Å². The van der Waals surface area contributed by atoms with Gasteiger partial charge in [-0.3, -0.25) is 0 Å². The fourth-order valence-electron chi connectivity index (χ4n) is 2.41. The molecule has 0 radical (unpaired) electrons. The first-order valence-electron chi connectivity index (χ1n) is 6.92. The largest absolute Gasteiger partial charge is 0.465 e. The number of nitrogen functional groups attached to an aromatic ring is 1. The zero-order valence-corrected chi connectivity index (χ0v) is 12.1. The number of aryl methyl sites for hydroxylation is 1. The van der Waals surface area contributed by atoms with Crippen molar-refractivity contribution in [1.82, 2.24) is 0 Å². The summed E-state index contributed by atoms with van der Waals surface area (Å²) >= 11 is 0. The maximum atomic E-state index is 11.7. The normalized spacial score (nSPS) is 18.6. The first-order valence-corrected chi connectivity index (χ1v) is 6.92. The van der Waals surface area contributed by atoms with E-state index in [1.807, 2.05) is 13.0 Å². The highest BCUT2D eigenvalue weighted by molar-refractivity contribution is 5.97. The van der Waals surface area contributed by atoms with Crippen molar-refractivity contribution in [2.24, 2.45) is 5.92 Å². The average Bonchev–Trinajstić information content (AvgIpc) is 2.48. The summed E-state index contributed by atoms with van der Waals surface area (Å²) < 4.78 is 10.2. The number of nitrogens with two attached hydrogens (primary N) is 1. The predicted molar refractivity (Wildman–Crippen MR) is 79.0 cm³/mol. The molecule has 20 heavy (non-hydrogen) atoms. The van der Waals surface area contributed by atoms with Crippen LogP contribution >= 0.6 is 0 Å². The standard InChI is InChI=1S/C15H22N2O3/c1-10-6-12(7-13(14(10)16)15(18)19-2)17-8-11-4-3-5-20-9-11/h6-7,11,17H,3-5,8-9,16H2,1-2H3. The molecule has 110 valence electrons. The van der Waals surface area contributed by atoms with Crippen molar-refractivity contribution in [2.45, 2.75) is 19.8 Å². The molecule has 2 rings (SSSR count). The molecule has 1 saturated heterocycles. The Hall–Kier alpha value is -1.75. The average molecular weight is 278 g/mol. The summed E-state index contributed by atoms with van der Waals surface area (Å²) in [6.07, 6.45) is 2.28. The number of methoxy groups -OCH3 is 1. The summed E-state index contributed by atoms with van der Waals surface area (Å²) in [4.78, 5) is 11.7. The number of ether oxygens (including phenoxy) is 2. The Morgan fingerprint density at radius 3 is 3.00 bits per heavy atom. The first kappa shape index (κ1) is 14.7. The molecule has 5 nitrogen and oxygen atoms in total. The van der Waals surface area contributed by atoms with Gasteiger partial charge in [-0.05, 0) is 43.4 Å². The highest BCUT2D eigenvalue weighted by Crippen LogP contribution is 2.24. The monoisotopic (exact) mass is 278 g/mol. The van der Waals surface area contributed by atoms with Gasteiger partial charge in [0.1, 0.15) is 0 Å². The van der Waals surface area contributed by atoms with Crippen molar-refractivity contribution < 1.29 is 14.3 Å². The van der Waals surface area contributed by atoms with Gasteiger partial charge in [-0.2, -0.15) is 0 Å². The van der Waals surface area contributed by atoms with Crippen LogP contribution in [0, 0.1) is 12.8 Å². The fraction of sp³-hybridized carbons (Fsp3) is 0.533. The Labute approximate surface area is 119 Å². The zero-order valence-electron chi connectivity index (χ0n) is 12.1. The Morgan fingerprint density at radius 2 is 2.35 bits per heavy atom.